The maximum atomic E-state index is 12.7. The Morgan fingerprint density at radius 3 is 2.58 bits per heavy atom. The SMILES string of the molecule is CCCCCCCCC(=O)Nc1cccc(C2NC(=S)N(C)C(C)=C2C(=O)OCC)c1. The maximum Gasteiger partial charge on any atom is 0.338 e. The molecule has 1 aromatic rings. The molecule has 0 bridgehead atoms. The fourth-order valence-corrected chi connectivity index (χ4v) is 3.90. The predicted molar refractivity (Wildman–Crippen MR) is 129 cm³/mol. The first-order valence-corrected chi connectivity index (χ1v) is 11.6. The minimum absolute atomic E-state index is 0.0110. The second kappa shape index (κ2) is 12.4. The zero-order chi connectivity index (χ0) is 22.8. The van der Waals surface area contributed by atoms with Gasteiger partial charge in [-0.05, 0) is 50.2 Å². The highest BCUT2D eigenvalue weighted by atomic mass is 32.1. The van der Waals surface area contributed by atoms with Gasteiger partial charge in [-0.25, -0.2) is 4.79 Å². The first-order valence-electron chi connectivity index (χ1n) is 11.2. The fourth-order valence-electron chi connectivity index (χ4n) is 3.64. The number of allylic oxidation sites excluding steroid dienone is 1. The third-order valence-electron chi connectivity index (χ3n) is 5.51. The predicted octanol–water partition coefficient (Wildman–Crippen LogP) is 5.07. The summed E-state index contributed by atoms with van der Waals surface area (Å²) < 4.78 is 5.28. The monoisotopic (exact) mass is 445 g/mol. The van der Waals surface area contributed by atoms with E-state index in [1.807, 2.05) is 38.2 Å². The molecule has 0 fully saturated rings. The molecule has 0 aromatic heterocycles. The number of unbranched alkanes of at least 4 members (excludes halogenated alkanes) is 5. The van der Waals surface area contributed by atoms with Crippen LogP contribution in [0.15, 0.2) is 35.5 Å². The average molecular weight is 446 g/mol. The second-order valence-corrected chi connectivity index (χ2v) is 8.24. The van der Waals surface area contributed by atoms with Crippen LogP contribution in [0.25, 0.3) is 0 Å². The van der Waals surface area contributed by atoms with Gasteiger partial charge in [-0.2, -0.15) is 0 Å². The van der Waals surface area contributed by atoms with E-state index >= 15 is 0 Å². The zero-order valence-corrected chi connectivity index (χ0v) is 19.9. The van der Waals surface area contributed by atoms with Gasteiger partial charge in [0.25, 0.3) is 0 Å². The summed E-state index contributed by atoms with van der Waals surface area (Å²) in [4.78, 5) is 26.8. The highest BCUT2D eigenvalue weighted by Crippen LogP contribution is 2.32. The van der Waals surface area contributed by atoms with Gasteiger partial charge in [0.2, 0.25) is 5.91 Å². The van der Waals surface area contributed by atoms with E-state index in [9.17, 15) is 9.59 Å². The van der Waals surface area contributed by atoms with Crippen LogP contribution < -0.4 is 10.6 Å². The number of amides is 1. The second-order valence-electron chi connectivity index (χ2n) is 7.85. The topological polar surface area (TPSA) is 70.7 Å². The lowest BCUT2D eigenvalue weighted by atomic mass is 9.95. The molecule has 1 aliphatic heterocycles. The van der Waals surface area contributed by atoms with Gasteiger partial charge in [0.1, 0.15) is 0 Å². The number of esters is 1. The average Bonchev–Trinajstić information content (AvgIpc) is 2.74. The van der Waals surface area contributed by atoms with Crippen LogP contribution >= 0.6 is 12.2 Å². The van der Waals surface area contributed by atoms with Crippen molar-refractivity contribution in [3.8, 4) is 0 Å². The highest BCUT2D eigenvalue weighted by molar-refractivity contribution is 7.80. The molecule has 1 unspecified atom stereocenters. The molecule has 1 aromatic carbocycles. The number of benzene rings is 1. The number of nitrogens with zero attached hydrogens (tertiary/aromatic N) is 1. The van der Waals surface area contributed by atoms with Crippen molar-refractivity contribution in [3.05, 3.63) is 41.1 Å². The van der Waals surface area contributed by atoms with Crippen molar-refractivity contribution in [3.63, 3.8) is 0 Å². The molecule has 1 heterocycles. The summed E-state index contributed by atoms with van der Waals surface area (Å²) in [6.07, 6.45) is 7.39. The Bertz CT molecular complexity index is 822. The lowest BCUT2D eigenvalue weighted by Crippen LogP contribution is -2.46. The molecule has 0 aliphatic carbocycles. The smallest absolute Gasteiger partial charge is 0.338 e. The Hall–Kier alpha value is -2.41. The Morgan fingerprint density at radius 2 is 1.87 bits per heavy atom. The molecule has 1 aliphatic rings. The molecule has 7 heteroatoms. The summed E-state index contributed by atoms with van der Waals surface area (Å²) in [5.41, 5.74) is 2.83. The molecule has 2 N–H and O–H groups in total. The van der Waals surface area contributed by atoms with E-state index in [-0.39, 0.29) is 11.9 Å². The van der Waals surface area contributed by atoms with Crippen molar-refractivity contribution in [2.45, 2.75) is 71.8 Å². The van der Waals surface area contributed by atoms with Crippen molar-refractivity contribution < 1.29 is 14.3 Å². The van der Waals surface area contributed by atoms with Crippen LogP contribution in [0.4, 0.5) is 5.69 Å². The largest absolute Gasteiger partial charge is 0.463 e. The van der Waals surface area contributed by atoms with Crippen molar-refractivity contribution in [2.24, 2.45) is 0 Å². The Kier molecular flexibility index (Phi) is 9.98. The minimum atomic E-state index is -0.432. The normalized spacial score (nSPS) is 16.2. The van der Waals surface area contributed by atoms with Crippen molar-refractivity contribution >= 4 is 34.9 Å². The Morgan fingerprint density at radius 1 is 1.16 bits per heavy atom. The van der Waals surface area contributed by atoms with Crippen LogP contribution in [0.1, 0.15) is 77.3 Å². The fraction of sp³-hybridized carbons (Fsp3) is 0.542. The minimum Gasteiger partial charge on any atom is -0.463 e. The summed E-state index contributed by atoms with van der Waals surface area (Å²) in [5, 5.41) is 6.74. The molecule has 31 heavy (non-hydrogen) atoms. The number of carbonyl (C=O) groups excluding carboxylic acids is 2. The number of nitrogens with one attached hydrogen (secondary N) is 2. The van der Waals surface area contributed by atoms with Gasteiger partial charge in [-0.15, -0.1) is 0 Å². The van der Waals surface area contributed by atoms with Crippen molar-refractivity contribution in [1.82, 2.24) is 10.2 Å². The Labute approximate surface area is 191 Å². The molecule has 2 rings (SSSR count). The van der Waals surface area contributed by atoms with Crippen LogP contribution in [0.5, 0.6) is 0 Å². The quantitative estimate of drug-likeness (QED) is 0.281. The lowest BCUT2D eigenvalue weighted by molar-refractivity contribution is -0.139. The highest BCUT2D eigenvalue weighted by Gasteiger charge is 2.33. The molecular formula is C24H35N3O3S. The van der Waals surface area contributed by atoms with Crippen molar-refractivity contribution in [1.29, 1.82) is 0 Å². The van der Waals surface area contributed by atoms with Gasteiger partial charge in [-0.1, -0.05) is 51.2 Å². The molecule has 1 atom stereocenters. The van der Waals surface area contributed by atoms with Crippen LogP contribution in [-0.4, -0.2) is 35.5 Å². The molecular weight excluding hydrogens is 410 g/mol. The van der Waals surface area contributed by atoms with Gasteiger partial charge < -0.3 is 20.3 Å². The number of carbonyl (C=O) groups is 2. The van der Waals surface area contributed by atoms with Gasteiger partial charge in [-0.3, -0.25) is 4.79 Å². The third-order valence-corrected chi connectivity index (χ3v) is 5.90. The molecule has 0 radical (unpaired) electrons. The van der Waals surface area contributed by atoms with Gasteiger partial charge >= 0.3 is 5.97 Å². The van der Waals surface area contributed by atoms with E-state index in [0.29, 0.717) is 29.4 Å². The summed E-state index contributed by atoms with van der Waals surface area (Å²) in [6.45, 7) is 6.14. The number of anilines is 1. The van der Waals surface area contributed by atoms with Crippen LogP contribution in [0, 0.1) is 0 Å². The van der Waals surface area contributed by atoms with Crippen LogP contribution in [0.3, 0.4) is 0 Å². The van der Waals surface area contributed by atoms with E-state index in [1.165, 1.54) is 25.7 Å². The first kappa shape index (κ1) is 24.9. The van der Waals surface area contributed by atoms with Crippen LogP contribution in [-0.2, 0) is 14.3 Å². The lowest BCUT2D eigenvalue weighted by Gasteiger charge is -2.35. The van der Waals surface area contributed by atoms with Gasteiger partial charge in [0.15, 0.2) is 5.11 Å². The molecule has 0 spiro atoms. The number of ether oxygens (including phenoxy) is 1. The van der Waals surface area contributed by atoms with E-state index in [1.54, 1.807) is 11.8 Å². The van der Waals surface area contributed by atoms with Crippen molar-refractivity contribution in [2.75, 3.05) is 19.0 Å². The van der Waals surface area contributed by atoms with E-state index < -0.39 is 6.04 Å². The maximum absolute atomic E-state index is 12.7. The van der Waals surface area contributed by atoms with E-state index in [0.717, 1.165) is 24.1 Å². The molecule has 170 valence electrons. The first-order chi connectivity index (χ1) is 14.9. The number of hydrogen-bond donors (Lipinski definition) is 2. The number of hydrogen-bond acceptors (Lipinski definition) is 4. The van der Waals surface area contributed by atoms with Gasteiger partial charge in [0, 0.05) is 24.9 Å². The molecule has 1 amide bonds. The summed E-state index contributed by atoms with van der Waals surface area (Å²) in [6, 6.07) is 7.10. The standard InChI is InChI=1S/C24H35N3O3S/c1-5-7-8-9-10-11-15-20(28)25-19-14-12-13-18(16-19)22-21(23(29)30-6-2)17(3)27(4)24(31)26-22/h12-14,16,22H,5-11,15H2,1-4H3,(H,25,28)(H,26,31). The summed E-state index contributed by atoms with van der Waals surface area (Å²) in [7, 11) is 1.82. The summed E-state index contributed by atoms with van der Waals surface area (Å²) in [5.74, 6) is -0.360. The van der Waals surface area contributed by atoms with Crippen LogP contribution in [0.2, 0.25) is 0 Å². The third kappa shape index (κ3) is 7.06. The molecule has 0 saturated carbocycles. The number of thiocarbonyl (C=S) groups is 1. The zero-order valence-electron chi connectivity index (χ0n) is 19.1. The van der Waals surface area contributed by atoms with Gasteiger partial charge in [0.05, 0.1) is 18.2 Å². The molecule has 0 saturated heterocycles. The Balaban J connectivity index is 2.09. The molecule has 6 nitrogen and oxygen atoms in total. The summed E-state index contributed by atoms with van der Waals surface area (Å²) >= 11 is 5.43. The van der Waals surface area contributed by atoms with E-state index in [4.69, 9.17) is 17.0 Å². The van der Waals surface area contributed by atoms with E-state index in [2.05, 4.69) is 17.6 Å². The number of rotatable bonds is 11.